The van der Waals surface area contributed by atoms with E-state index in [0.29, 0.717) is 32.7 Å². The van der Waals surface area contributed by atoms with E-state index in [4.69, 9.17) is 10.5 Å². The summed E-state index contributed by atoms with van der Waals surface area (Å²) < 4.78 is 5.89. The van der Waals surface area contributed by atoms with Crippen LogP contribution in [0.25, 0.3) is 0 Å². The summed E-state index contributed by atoms with van der Waals surface area (Å²) in [4.78, 5) is 28.4. The Morgan fingerprint density at radius 2 is 1.62 bits per heavy atom. The molecule has 0 radical (unpaired) electrons. The number of benzene rings is 1. The second-order valence-corrected chi connectivity index (χ2v) is 6.51. The van der Waals surface area contributed by atoms with Crippen LogP contribution in [0.15, 0.2) is 24.3 Å². The van der Waals surface area contributed by atoms with Crippen LogP contribution < -0.4 is 10.5 Å². The third kappa shape index (κ3) is 5.35. The minimum atomic E-state index is -0.544. The molecule has 0 spiro atoms. The SMILES string of the molecule is CCc1ccccc1OC(C)C(=O)N1CCN(C(=O)C(C)CN)CC1.Cl. The summed E-state index contributed by atoms with van der Waals surface area (Å²) in [5.41, 5.74) is 6.65. The number of rotatable bonds is 6. The molecular formula is C19H30ClN3O3. The number of halogens is 1. The molecule has 1 aliphatic heterocycles. The lowest BCUT2D eigenvalue weighted by atomic mass is 10.1. The van der Waals surface area contributed by atoms with Crippen molar-refractivity contribution in [3.05, 3.63) is 29.8 Å². The first-order chi connectivity index (χ1) is 12.0. The van der Waals surface area contributed by atoms with Gasteiger partial charge in [0.25, 0.3) is 5.91 Å². The van der Waals surface area contributed by atoms with Gasteiger partial charge in [-0.1, -0.05) is 32.0 Å². The van der Waals surface area contributed by atoms with Gasteiger partial charge < -0.3 is 20.3 Å². The molecule has 7 heteroatoms. The van der Waals surface area contributed by atoms with Gasteiger partial charge in [0.2, 0.25) is 5.91 Å². The molecular weight excluding hydrogens is 354 g/mol. The van der Waals surface area contributed by atoms with E-state index < -0.39 is 6.10 Å². The fourth-order valence-corrected chi connectivity index (χ4v) is 2.97. The monoisotopic (exact) mass is 383 g/mol. The molecule has 1 aromatic carbocycles. The standard InChI is InChI=1S/C19H29N3O3.ClH/c1-4-16-7-5-6-8-17(16)25-15(3)19(24)22-11-9-21(10-12-22)18(23)14(2)13-20;/h5-8,14-15H,4,9-13,20H2,1-3H3;1H. The van der Waals surface area contributed by atoms with Crippen molar-refractivity contribution in [3.8, 4) is 5.75 Å². The van der Waals surface area contributed by atoms with E-state index in [9.17, 15) is 9.59 Å². The van der Waals surface area contributed by atoms with E-state index in [-0.39, 0.29) is 30.1 Å². The number of ether oxygens (including phenoxy) is 1. The number of carbonyl (C=O) groups excluding carboxylic acids is 2. The molecule has 146 valence electrons. The first-order valence-corrected chi connectivity index (χ1v) is 9.00. The van der Waals surface area contributed by atoms with Crippen molar-refractivity contribution in [2.45, 2.75) is 33.3 Å². The van der Waals surface area contributed by atoms with Crippen LogP contribution in [0.3, 0.4) is 0 Å². The zero-order valence-electron chi connectivity index (χ0n) is 15.8. The highest BCUT2D eigenvalue weighted by Gasteiger charge is 2.29. The number of amides is 2. The van der Waals surface area contributed by atoms with Crippen molar-refractivity contribution in [2.24, 2.45) is 11.7 Å². The number of carbonyl (C=O) groups is 2. The Hall–Kier alpha value is -1.79. The maximum atomic E-state index is 12.6. The van der Waals surface area contributed by atoms with Gasteiger partial charge >= 0.3 is 0 Å². The lowest BCUT2D eigenvalue weighted by Crippen LogP contribution is -2.54. The van der Waals surface area contributed by atoms with Gasteiger partial charge in [-0.15, -0.1) is 12.4 Å². The van der Waals surface area contributed by atoms with Crippen molar-refractivity contribution in [1.82, 2.24) is 9.80 Å². The van der Waals surface area contributed by atoms with Crippen LogP contribution in [0, 0.1) is 5.92 Å². The van der Waals surface area contributed by atoms with Crippen molar-refractivity contribution in [3.63, 3.8) is 0 Å². The summed E-state index contributed by atoms with van der Waals surface area (Å²) in [6.45, 7) is 8.19. The Morgan fingerprint density at radius 3 is 2.15 bits per heavy atom. The molecule has 2 atom stereocenters. The molecule has 1 fully saturated rings. The van der Waals surface area contributed by atoms with Gasteiger partial charge in [-0.2, -0.15) is 0 Å². The van der Waals surface area contributed by atoms with Crippen molar-refractivity contribution in [1.29, 1.82) is 0 Å². The van der Waals surface area contributed by atoms with Gasteiger partial charge in [-0.3, -0.25) is 9.59 Å². The third-order valence-corrected chi connectivity index (χ3v) is 4.68. The maximum Gasteiger partial charge on any atom is 0.263 e. The molecule has 0 aromatic heterocycles. The summed E-state index contributed by atoms with van der Waals surface area (Å²) in [5.74, 6) is 0.618. The van der Waals surface area contributed by atoms with Gasteiger partial charge in [0, 0.05) is 38.6 Å². The van der Waals surface area contributed by atoms with Crippen LogP contribution in [0.2, 0.25) is 0 Å². The number of nitrogens with two attached hydrogens (primary N) is 1. The largest absolute Gasteiger partial charge is 0.481 e. The highest BCUT2D eigenvalue weighted by molar-refractivity contribution is 5.85. The topological polar surface area (TPSA) is 75.9 Å². The summed E-state index contributed by atoms with van der Waals surface area (Å²) in [7, 11) is 0. The molecule has 6 nitrogen and oxygen atoms in total. The van der Waals surface area contributed by atoms with Gasteiger partial charge in [-0.25, -0.2) is 0 Å². The quantitative estimate of drug-likeness (QED) is 0.811. The van der Waals surface area contributed by atoms with E-state index in [0.717, 1.165) is 17.7 Å². The van der Waals surface area contributed by atoms with Crippen LogP contribution in [0.5, 0.6) is 5.75 Å². The van der Waals surface area contributed by atoms with E-state index in [1.54, 1.807) is 16.7 Å². The van der Waals surface area contributed by atoms with E-state index in [1.165, 1.54) is 0 Å². The first kappa shape index (κ1) is 22.3. The molecule has 2 N–H and O–H groups in total. The Labute approximate surface area is 162 Å². The Morgan fingerprint density at radius 1 is 1.08 bits per heavy atom. The molecule has 2 rings (SSSR count). The summed E-state index contributed by atoms with van der Waals surface area (Å²) in [5, 5.41) is 0. The van der Waals surface area contributed by atoms with E-state index in [2.05, 4.69) is 6.92 Å². The maximum absolute atomic E-state index is 12.6. The van der Waals surface area contributed by atoms with Crippen LogP contribution in [-0.4, -0.2) is 60.4 Å². The zero-order chi connectivity index (χ0) is 18.4. The molecule has 0 bridgehead atoms. The predicted octanol–water partition coefficient (Wildman–Crippen LogP) is 1.70. The molecule has 2 amide bonds. The zero-order valence-corrected chi connectivity index (χ0v) is 16.6. The highest BCUT2D eigenvalue weighted by Crippen LogP contribution is 2.20. The third-order valence-electron chi connectivity index (χ3n) is 4.68. The molecule has 1 heterocycles. The number of hydrogen-bond donors (Lipinski definition) is 1. The molecule has 0 aliphatic carbocycles. The molecule has 0 saturated carbocycles. The van der Waals surface area contributed by atoms with Gasteiger partial charge in [0.05, 0.1) is 0 Å². The Bertz CT molecular complexity index is 603. The molecule has 1 saturated heterocycles. The van der Waals surface area contributed by atoms with Crippen molar-refractivity contribution < 1.29 is 14.3 Å². The Kier molecular flexibility index (Phi) is 8.88. The van der Waals surface area contributed by atoms with Crippen LogP contribution in [-0.2, 0) is 16.0 Å². The van der Waals surface area contributed by atoms with Gasteiger partial charge in [-0.05, 0) is 25.0 Å². The average molecular weight is 384 g/mol. The first-order valence-electron chi connectivity index (χ1n) is 9.00. The number of nitrogens with zero attached hydrogens (tertiary/aromatic N) is 2. The summed E-state index contributed by atoms with van der Waals surface area (Å²) in [6.07, 6.45) is 0.315. The number of aryl methyl sites for hydroxylation is 1. The minimum Gasteiger partial charge on any atom is -0.481 e. The number of hydrogen-bond acceptors (Lipinski definition) is 4. The number of piperazine rings is 1. The average Bonchev–Trinajstić information content (AvgIpc) is 2.66. The number of para-hydroxylation sites is 1. The molecule has 1 aliphatic rings. The molecule has 26 heavy (non-hydrogen) atoms. The normalized spacial score (nSPS) is 16.5. The summed E-state index contributed by atoms with van der Waals surface area (Å²) >= 11 is 0. The second kappa shape index (κ2) is 10.4. The fraction of sp³-hybridized carbons (Fsp3) is 0.579. The van der Waals surface area contributed by atoms with Gasteiger partial charge in [0.1, 0.15) is 5.75 Å². The second-order valence-electron chi connectivity index (χ2n) is 6.51. The highest BCUT2D eigenvalue weighted by atomic mass is 35.5. The van der Waals surface area contributed by atoms with E-state index >= 15 is 0 Å². The predicted molar refractivity (Wildman–Crippen MR) is 105 cm³/mol. The Balaban J connectivity index is 0.00000338. The van der Waals surface area contributed by atoms with Crippen LogP contribution >= 0.6 is 12.4 Å². The van der Waals surface area contributed by atoms with Crippen molar-refractivity contribution in [2.75, 3.05) is 32.7 Å². The van der Waals surface area contributed by atoms with Crippen molar-refractivity contribution >= 4 is 24.2 Å². The lowest BCUT2D eigenvalue weighted by molar-refractivity contribution is -0.145. The molecule has 2 unspecified atom stereocenters. The minimum absolute atomic E-state index is 0. The smallest absolute Gasteiger partial charge is 0.263 e. The van der Waals surface area contributed by atoms with Crippen LogP contribution in [0.1, 0.15) is 26.3 Å². The fourth-order valence-electron chi connectivity index (χ4n) is 2.97. The lowest BCUT2D eigenvalue weighted by Gasteiger charge is -2.36. The molecule has 1 aromatic rings. The summed E-state index contributed by atoms with van der Waals surface area (Å²) in [6, 6.07) is 7.79. The van der Waals surface area contributed by atoms with Gasteiger partial charge in [0.15, 0.2) is 6.10 Å². The van der Waals surface area contributed by atoms with Crippen LogP contribution in [0.4, 0.5) is 0 Å². The van der Waals surface area contributed by atoms with E-state index in [1.807, 2.05) is 31.2 Å².